The first-order valence-corrected chi connectivity index (χ1v) is 10.1. The van der Waals surface area contributed by atoms with Crippen molar-refractivity contribution in [3.63, 3.8) is 0 Å². The van der Waals surface area contributed by atoms with Crippen molar-refractivity contribution in [3.8, 4) is 0 Å². The average Bonchev–Trinajstić information content (AvgIpc) is 2.71. The highest BCUT2D eigenvalue weighted by Crippen LogP contribution is 2.20. The summed E-state index contributed by atoms with van der Waals surface area (Å²) in [6.45, 7) is 1.05. The van der Waals surface area contributed by atoms with Crippen LogP contribution in [-0.2, 0) is 11.3 Å². The number of thioether (sulfide) groups is 1. The van der Waals surface area contributed by atoms with Gasteiger partial charge in [0.15, 0.2) is 0 Å². The predicted molar refractivity (Wildman–Crippen MR) is 115 cm³/mol. The van der Waals surface area contributed by atoms with Gasteiger partial charge in [0, 0.05) is 25.0 Å². The third-order valence-electron chi connectivity index (χ3n) is 4.09. The summed E-state index contributed by atoms with van der Waals surface area (Å²) in [7, 11) is 5.90. The van der Waals surface area contributed by atoms with Crippen LogP contribution in [0.1, 0.15) is 17.2 Å². The number of hydrogen-bond acceptors (Lipinski definition) is 4. The molecule has 152 valence electrons. The van der Waals surface area contributed by atoms with Crippen molar-refractivity contribution in [1.29, 1.82) is 0 Å². The minimum atomic E-state index is -0.250. The molecule has 0 fully saturated rings. The Morgan fingerprint density at radius 2 is 1.79 bits per heavy atom. The van der Waals surface area contributed by atoms with E-state index in [2.05, 4.69) is 40.7 Å². The SMILES string of the molecule is CSc1cccc(CNC(=O)N(C)C(CN(C)C)c2ccccc2)c1.O=CO. The smallest absolute Gasteiger partial charge is 0.317 e. The van der Waals surface area contributed by atoms with Crippen molar-refractivity contribution >= 4 is 24.3 Å². The first kappa shape index (κ1) is 23.5. The van der Waals surface area contributed by atoms with Gasteiger partial charge in [0.05, 0.1) is 6.04 Å². The van der Waals surface area contributed by atoms with Gasteiger partial charge in [-0.2, -0.15) is 0 Å². The van der Waals surface area contributed by atoms with Crippen LogP contribution < -0.4 is 5.32 Å². The maximum atomic E-state index is 12.7. The van der Waals surface area contributed by atoms with Crippen molar-refractivity contribution in [1.82, 2.24) is 15.1 Å². The van der Waals surface area contributed by atoms with Gasteiger partial charge >= 0.3 is 6.03 Å². The normalized spacial score (nSPS) is 11.2. The van der Waals surface area contributed by atoms with E-state index in [1.807, 2.05) is 51.5 Å². The molecule has 0 aliphatic heterocycles. The second-order valence-corrected chi connectivity index (χ2v) is 7.29. The van der Waals surface area contributed by atoms with Crippen molar-refractivity contribution in [2.45, 2.75) is 17.5 Å². The zero-order valence-electron chi connectivity index (χ0n) is 16.8. The molecular weight excluding hydrogens is 374 g/mol. The fourth-order valence-electron chi connectivity index (χ4n) is 2.70. The second kappa shape index (κ2) is 12.8. The Hall–Kier alpha value is -2.51. The maximum Gasteiger partial charge on any atom is 0.317 e. The van der Waals surface area contributed by atoms with E-state index < -0.39 is 0 Å². The molecule has 2 aromatic carbocycles. The molecule has 2 rings (SSSR count). The highest BCUT2D eigenvalue weighted by Gasteiger charge is 2.22. The summed E-state index contributed by atoms with van der Waals surface area (Å²) < 4.78 is 0. The lowest BCUT2D eigenvalue weighted by atomic mass is 10.1. The summed E-state index contributed by atoms with van der Waals surface area (Å²) in [6, 6.07) is 18.3. The third-order valence-corrected chi connectivity index (χ3v) is 4.81. The highest BCUT2D eigenvalue weighted by molar-refractivity contribution is 7.98. The molecule has 0 saturated heterocycles. The number of nitrogens with one attached hydrogen (secondary N) is 1. The van der Waals surface area contributed by atoms with E-state index in [1.165, 1.54) is 4.90 Å². The molecule has 2 aromatic rings. The van der Waals surface area contributed by atoms with Gasteiger partial charge in [-0.3, -0.25) is 4.79 Å². The standard InChI is InChI=1S/C20H27N3OS.CH2O2/c1-22(2)15-19(17-10-6-5-7-11-17)23(3)20(24)21-14-16-9-8-12-18(13-16)25-4;2-1-3/h5-13,19H,14-15H2,1-4H3,(H,21,24);1H,(H,2,3). The van der Waals surface area contributed by atoms with Crippen LogP contribution in [0.15, 0.2) is 59.5 Å². The molecule has 2 N–H and O–H groups in total. The van der Waals surface area contributed by atoms with Crippen molar-refractivity contribution in [2.24, 2.45) is 0 Å². The minimum Gasteiger partial charge on any atom is -0.483 e. The zero-order valence-corrected chi connectivity index (χ0v) is 17.6. The number of hydrogen-bond donors (Lipinski definition) is 2. The Kier molecular flexibility index (Phi) is 10.8. The van der Waals surface area contributed by atoms with Gasteiger partial charge in [-0.1, -0.05) is 42.5 Å². The fraction of sp³-hybridized carbons (Fsp3) is 0.333. The lowest BCUT2D eigenvalue weighted by molar-refractivity contribution is -0.122. The topological polar surface area (TPSA) is 72.9 Å². The molecule has 0 aliphatic carbocycles. The van der Waals surface area contributed by atoms with E-state index in [0.29, 0.717) is 6.54 Å². The number of carbonyl (C=O) groups is 2. The third kappa shape index (κ3) is 8.02. The first-order valence-electron chi connectivity index (χ1n) is 8.84. The first-order chi connectivity index (χ1) is 13.4. The van der Waals surface area contributed by atoms with Crippen LogP contribution in [-0.4, -0.2) is 61.4 Å². The molecule has 0 spiro atoms. The van der Waals surface area contributed by atoms with E-state index in [0.717, 1.165) is 17.7 Å². The zero-order chi connectivity index (χ0) is 20.9. The number of rotatable bonds is 7. The lowest BCUT2D eigenvalue weighted by Crippen LogP contribution is -2.42. The van der Waals surface area contributed by atoms with Gasteiger partial charge in [0.1, 0.15) is 0 Å². The quantitative estimate of drug-likeness (QED) is 0.546. The van der Waals surface area contributed by atoms with Crippen molar-refractivity contribution in [3.05, 3.63) is 65.7 Å². The lowest BCUT2D eigenvalue weighted by Gasteiger charge is -2.31. The second-order valence-electron chi connectivity index (χ2n) is 6.42. The average molecular weight is 404 g/mol. The van der Waals surface area contributed by atoms with Gasteiger partial charge in [-0.15, -0.1) is 11.8 Å². The molecule has 0 bridgehead atoms. The summed E-state index contributed by atoms with van der Waals surface area (Å²) in [6.07, 6.45) is 2.05. The molecule has 0 saturated carbocycles. The molecule has 7 heteroatoms. The Morgan fingerprint density at radius 1 is 1.14 bits per heavy atom. The van der Waals surface area contributed by atoms with E-state index in [4.69, 9.17) is 9.90 Å². The van der Waals surface area contributed by atoms with Crippen molar-refractivity contribution < 1.29 is 14.7 Å². The summed E-state index contributed by atoms with van der Waals surface area (Å²) in [5.74, 6) is 0. The van der Waals surface area contributed by atoms with Gasteiger partial charge in [0.2, 0.25) is 0 Å². The summed E-state index contributed by atoms with van der Waals surface area (Å²) in [4.78, 5) is 26.1. The fourth-order valence-corrected chi connectivity index (χ4v) is 3.18. The Labute approximate surface area is 171 Å². The number of carbonyl (C=O) groups excluding carboxylic acids is 1. The van der Waals surface area contributed by atoms with Crippen LogP contribution in [0.5, 0.6) is 0 Å². The van der Waals surface area contributed by atoms with Crippen LogP contribution in [0, 0.1) is 0 Å². The summed E-state index contributed by atoms with van der Waals surface area (Å²) in [5.41, 5.74) is 2.25. The monoisotopic (exact) mass is 403 g/mol. The van der Waals surface area contributed by atoms with E-state index in [-0.39, 0.29) is 18.5 Å². The molecule has 1 atom stereocenters. The van der Waals surface area contributed by atoms with E-state index in [1.54, 1.807) is 16.7 Å². The predicted octanol–water partition coefficient (Wildman–Crippen LogP) is 3.55. The van der Waals surface area contributed by atoms with E-state index >= 15 is 0 Å². The minimum absolute atomic E-state index is 0.00808. The van der Waals surface area contributed by atoms with Crippen LogP contribution >= 0.6 is 11.8 Å². The summed E-state index contributed by atoms with van der Waals surface area (Å²) in [5, 5.41) is 9.92. The number of amides is 2. The molecule has 6 nitrogen and oxygen atoms in total. The Balaban J connectivity index is 0.00000122. The number of benzene rings is 2. The molecule has 0 aliphatic rings. The number of nitrogens with zero attached hydrogens (tertiary/aromatic N) is 2. The van der Waals surface area contributed by atoms with E-state index in [9.17, 15) is 4.79 Å². The van der Waals surface area contributed by atoms with Crippen molar-refractivity contribution in [2.75, 3.05) is 33.9 Å². The maximum absolute atomic E-state index is 12.7. The van der Waals surface area contributed by atoms with Crippen LogP contribution in [0.25, 0.3) is 0 Å². The van der Waals surface area contributed by atoms with Gasteiger partial charge in [-0.05, 0) is 43.6 Å². The summed E-state index contributed by atoms with van der Waals surface area (Å²) >= 11 is 1.70. The molecule has 28 heavy (non-hydrogen) atoms. The molecule has 0 heterocycles. The van der Waals surface area contributed by atoms with Crippen LogP contribution in [0.4, 0.5) is 4.79 Å². The van der Waals surface area contributed by atoms with Gasteiger partial charge < -0.3 is 20.2 Å². The number of urea groups is 1. The number of likely N-dealkylation sites (N-methyl/N-ethyl adjacent to an activating group) is 2. The molecule has 0 radical (unpaired) electrons. The molecule has 2 amide bonds. The Morgan fingerprint density at radius 3 is 2.36 bits per heavy atom. The van der Waals surface area contributed by atoms with Crippen LogP contribution in [0.3, 0.4) is 0 Å². The van der Waals surface area contributed by atoms with Gasteiger partial charge in [-0.25, -0.2) is 4.79 Å². The number of carboxylic acid groups (broad SMARTS) is 1. The molecule has 1 unspecified atom stereocenters. The molecule has 0 aromatic heterocycles. The Bertz CT molecular complexity index is 726. The molecular formula is C21H29N3O3S. The van der Waals surface area contributed by atoms with Gasteiger partial charge in [0.25, 0.3) is 6.47 Å². The largest absolute Gasteiger partial charge is 0.483 e. The van der Waals surface area contributed by atoms with Crippen LogP contribution in [0.2, 0.25) is 0 Å². The highest BCUT2D eigenvalue weighted by atomic mass is 32.2.